The highest BCUT2D eigenvalue weighted by atomic mass is 16.6. The van der Waals surface area contributed by atoms with Gasteiger partial charge in [-0.3, -0.25) is 4.79 Å². The molecule has 0 saturated carbocycles. The largest absolute Gasteiger partial charge is 0.480 e. The lowest BCUT2D eigenvalue weighted by atomic mass is 9.89. The number of hydrogen-bond donors (Lipinski definition) is 1. The van der Waals surface area contributed by atoms with E-state index in [0.717, 1.165) is 27.7 Å². The Kier molecular flexibility index (Phi) is 3.76. The van der Waals surface area contributed by atoms with Gasteiger partial charge in [0.2, 0.25) is 0 Å². The number of aromatic amines is 1. The van der Waals surface area contributed by atoms with E-state index in [1.165, 1.54) is 7.11 Å². The number of aromatic nitrogens is 1. The van der Waals surface area contributed by atoms with Crippen LogP contribution in [0.3, 0.4) is 0 Å². The molecule has 0 fully saturated rings. The van der Waals surface area contributed by atoms with Crippen molar-refractivity contribution >= 4 is 22.7 Å². The van der Waals surface area contributed by atoms with Crippen LogP contribution in [0.25, 0.3) is 22.2 Å². The minimum absolute atomic E-state index is 0.135. The summed E-state index contributed by atoms with van der Waals surface area (Å²) < 4.78 is 10.2. The number of rotatable bonds is 4. The summed E-state index contributed by atoms with van der Waals surface area (Å²) in [4.78, 5) is 27.1. The Morgan fingerprint density at radius 2 is 1.92 bits per heavy atom. The summed E-state index contributed by atoms with van der Waals surface area (Å²) in [6, 6.07) is 13.5. The molecule has 0 aliphatic heterocycles. The van der Waals surface area contributed by atoms with Crippen LogP contribution in [-0.4, -0.2) is 30.5 Å². The molecule has 1 aliphatic carbocycles. The van der Waals surface area contributed by atoms with Crippen molar-refractivity contribution in [3.05, 3.63) is 53.6 Å². The molecule has 0 unspecified atom stereocenters. The number of ether oxygens (including phenoxy) is 2. The van der Waals surface area contributed by atoms with E-state index in [2.05, 4.69) is 9.72 Å². The maximum atomic E-state index is 12.3. The first-order valence-corrected chi connectivity index (χ1v) is 8.15. The maximum Gasteiger partial charge on any atom is 0.343 e. The van der Waals surface area contributed by atoms with Crippen molar-refractivity contribution in [2.45, 2.75) is 12.8 Å². The highest BCUT2D eigenvalue weighted by Crippen LogP contribution is 2.40. The van der Waals surface area contributed by atoms with E-state index < -0.39 is 5.97 Å². The van der Waals surface area contributed by atoms with Gasteiger partial charge in [0, 0.05) is 23.1 Å². The minimum atomic E-state index is -0.449. The smallest absolute Gasteiger partial charge is 0.343 e. The normalized spacial score (nSPS) is 13.1. The van der Waals surface area contributed by atoms with Crippen LogP contribution in [0.2, 0.25) is 0 Å². The second-order valence-electron chi connectivity index (χ2n) is 5.99. The molecule has 126 valence electrons. The summed E-state index contributed by atoms with van der Waals surface area (Å²) in [6.45, 7) is -0.173. The van der Waals surface area contributed by atoms with E-state index in [-0.39, 0.29) is 12.4 Å². The van der Waals surface area contributed by atoms with Crippen LogP contribution in [-0.2, 0) is 16.0 Å². The molecule has 25 heavy (non-hydrogen) atoms. The number of nitrogens with one attached hydrogen (secondary N) is 1. The zero-order valence-electron chi connectivity index (χ0n) is 13.8. The topological polar surface area (TPSA) is 68.4 Å². The molecule has 5 heteroatoms. The first-order valence-electron chi connectivity index (χ1n) is 8.15. The van der Waals surface area contributed by atoms with Gasteiger partial charge in [-0.2, -0.15) is 0 Å². The van der Waals surface area contributed by atoms with Gasteiger partial charge in [-0.1, -0.05) is 30.3 Å². The van der Waals surface area contributed by atoms with Crippen LogP contribution < -0.4 is 4.74 Å². The third kappa shape index (κ3) is 2.58. The number of aryl methyl sites for hydroxylation is 1. The molecular weight excluding hydrogens is 318 g/mol. The summed E-state index contributed by atoms with van der Waals surface area (Å²) in [6.07, 6.45) is 1.19. The predicted molar refractivity (Wildman–Crippen MR) is 93.9 cm³/mol. The molecule has 1 aromatic heterocycles. The highest BCUT2D eigenvalue weighted by molar-refractivity contribution is 6.13. The van der Waals surface area contributed by atoms with Crippen molar-refractivity contribution in [1.82, 2.24) is 4.98 Å². The number of methoxy groups -OCH3 is 1. The summed E-state index contributed by atoms with van der Waals surface area (Å²) in [7, 11) is 1.32. The zero-order valence-corrected chi connectivity index (χ0v) is 13.8. The Morgan fingerprint density at radius 1 is 1.12 bits per heavy atom. The number of carbonyl (C=O) groups excluding carboxylic acids is 2. The van der Waals surface area contributed by atoms with Crippen LogP contribution in [0.15, 0.2) is 42.5 Å². The SMILES string of the molecule is COC(=O)COc1ccc2c3c(c(-c4ccccc4)[nH]c13)CCC2=O. The number of carbonyl (C=O) groups is 2. The quantitative estimate of drug-likeness (QED) is 0.741. The molecule has 5 nitrogen and oxygen atoms in total. The van der Waals surface area contributed by atoms with Gasteiger partial charge in [-0.05, 0) is 29.7 Å². The molecule has 2 aromatic carbocycles. The first kappa shape index (κ1) is 15.4. The molecule has 0 radical (unpaired) electrons. The second kappa shape index (κ2) is 6.09. The van der Waals surface area contributed by atoms with E-state index in [9.17, 15) is 9.59 Å². The second-order valence-corrected chi connectivity index (χ2v) is 5.99. The van der Waals surface area contributed by atoms with E-state index in [0.29, 0.717) is 24.2 Å². The first-order chi connectivity index (χ1) is 12.2. The number of benzene rings is 2. The Labute approximate surface area is 144 Å². The van der Waals surface area contributed by atoms with Crippen molar-refractivity contribution in [3.63, 3.8) is 0 Å². The Morgan fingerprint density at radius 3 is 2.68 bits per heavy atom. The van der Waals surface area contributed by atoms with Gasteiger partial charge in [-0.25, -0.2) is 4.79 Å². The summed E-state index contributed by atoms with van der Waals surface area (Å²) >= 11 is 0. The number of H-pyrrole nitrogens is 1. The Bertz CT molecular complexity index is 972. The number of hydrogen-bond acceptors (Lipinski definition) is 4. The van der Waals surface area contributed by atoms with Gasteiger partial charge in [0.05, 0.1) is 12.6 Å². The molecule has 4 rings (SSSR count). The molecule has 0 bridgehead atoms. The van der Waals surface area contributed by atoms with Crippen molar-refractivity contribution in [2.24, 2.45) is 0 Å². The lowest BCUT2D eigenvalue weighted by Crippen LogP contribution is -2.13. The van der Waals surface area contributed by atoms with E-state index in [4.69, 9.17) is 4.74 Å². The van der Waals surface area contributed by atoms with Crippen molar-refractivity contribution in [1.29, 1.82) is 0 Å². The molecule has 0 atom stereocenters. The molecule has 3 aromatic rings. The molecule has 0 spiro atoms. The van der Waals surface area contributed by atoms with Gasteiger partial charge in [0.25, 0.3) is 0 Å². The van der Waals surface area contributed by atoms with Crippen LogP contribution >= 0.6 is 0 Å². The summed E-state index contributed by atoms with van der Waals surface area (Å²) in [5, 5.41) is 0.900. The fourth-order valence-electron chi connectivity index (χ4n) is 3.37. The van der Waals surface area contributed by atoms with Crippen LogP contribution in [0.5, 0.6) is 5.75 Å². The Balaban J connectivity index is 1.89. The third-order valence-electron chi connectivity index (χ3n) is 4.56. The predicted octanol–water partition coefficient (Wildman–Crippen LogP) is 3.52. The number of esters is 1. The molecule has 0 saturated heterocycles. The van der Waals surface area contributed by atoms with Gasteiger partial charge in [0.1, 0.15) is 5.75 Å². The molecule has 0 amide bonds. The maximum absolute atomic E-state index is 12.3. The van der Waals surface area contributed by atoms with Crippen LogP contribution in [0, 0.1) is 0 Å². The lowest BCUT2D eigenvalue weighted by Gasteiger charge is -2.14. The van der Waals surface area contributed by atoms with E-state index >= 15 is 0 Å². The van der Waals surface area contributed by atoms with Crippen molar-refractivity contribution in [2.75, 3.05) is 13.7 Å². The zero-order chi connectivity index (χ0) is 17.4. The van der Waals surface area contributed by atoms with E-state index in [1.807, 2.05) is 30.3 Å². The lowest BCUT2D eigenvalue weighted by molar-refractivity contribution is -0.142. The van der Waals surface area contributed by atoms with Crippen molar-refractivity contribution in [3.8, 4) is 17.0 Å². The molecular formula is C20H17NO4. The average molecular weight is 335 g/mol. The van der Waals surface area contributed by atoms with Crippen molar-refractivity contribution < 1.29 is 19.1 Å². The standard InChI is InChI=1S/C20H17NO4/c1-24-17(23)11-25-16-10-8-13-15(22)9-7-14-18(13)20(16)21-19(14)12-5-3-2-4-6-12/h2-6,8,10,21H,7,9,11H2,1H3. The van der Waals surface area contributed by atoms with E-state index in [1.54, 1.807) is 12.1 Å². The molecule has 1 heterocycles. The fraction of sp³-hybridized carbons (Fsp3) is 0.200. The third-order valence-corrected chi connectivity index (χ3v) is 4.56. The molecule has 1 N–H and O–H groups in total. The van der Waals surface area contributed by atoms with Gasteiger partial charge >= 0.3 is 5.97 Å². The van der Waals surface area contributed by atoms with Crippen LogP contribution in [0.1, 0.15) is 22.3 Å². The summed E-state index contributed by atoms with van der Waals surface area (Å²) in [5.74, 6) is 0.230. The Hall–Kier alpha value is -3.08. The summed E-state index contributed by atoms with van der Waals surface area (Å²) in [5.41, 5.74) is 4.65. The monoisotopic (exact) mass is 335 g/mol. The van der Waals surface area contributed by atoms with Gasteiger partial charge in [-0.15, -0.1) is 0 Å². The molecule has 1 aliphatic rings. The number of ketones is 1. The minimum Gasteiger partial charge on any atom is -0.480 e. The highest BCUT2D eigenvalue weighted by Gasteiger charge is 2.26. The number of Topliss-reactive ketones (excluding diaryl/α,β-unsaturated/α-hetero) is 1. The average Bonchev–Trinajstić information content (AvgIpc) is 3.04. The van der Waals surface area contributed by atoms with Gasteiger partial charge < -0.3 is 14.5 Å². The van der Waals surface area contributed by atoms with Crippen LogP contribution in [0.4, 0.5) is 0 Å². The van der Waals surface area contributed by atoms with Gasteiger partial charge in [0.15, 0.2) is 12.4 Å². The fourth-order valence-corrected chi connectivity index (χ4v) is 3.37.